The maximum atomic E-state index is 6.62. The number of nitrogens with zero attached hydrogens (tertiary/aromatic N) is 2. The summed E-state index contributed by atoms with van der Waals surface area (Å²) in [5.74, 6) is 0.562. The molecule has 154 valence electrons. The van der Waals surface area contributed by atoms with E-state index in [0.29, 0.717) is 5.92 Å². The number of furan rings is 1. The van der Waals surface area contributed by atoms with Crippen LogP contribution in [0.25, 0.3) is 44.2 Å². The third-order valence-electron chi connectivity index (χ3n) is 6.77. The van der Waals surface area contributed by atoms with Crippen molar-refractivity contribution in [1.82, 2.24) is 9.97 Å². The van der Waals surface area contributed by atoms with Gasteiger partial charge in [-0.05, 0) is 48.1 Å². The van der Waals surface area contributed by atoms with Gasteiger partial charge >= 0.3 is 0 Å². The molecule has 31 heavy (non-hydrogen) atoms. The number of aryl methyl sites for hydroxylation is 1. The first-order valence-corrected chi connectivity index (χ1v) is 11.1. The minimum atomic E-state index is -0.301. The van der Waals surface area contributed by atoms with Gasteiger partial charge in [-0.15, -0.1) is 0 Å². The average molecular weight is 407 g/mol. The maximum absolute atomic E-state index is 6.62. The highest BCUT2D eigenvalue weighted by Crippen LogP contribution is 2.50. The van der Waals surface area contributed by atoms with Crippen LogP contribution in [0, 0.1) is 12.8 Å². The lowest BCUT2D eigenvalue weighted by molar-refractivity contribution is 0.611. The molecule has 0 aliphatic heterocycles. The Morgan fingerprint density at radius 1 is 0.871 bits per heavy atom. The molecular formula is C28H26N2O. The Morgan fingerprint density at radius 2 is 1.61 bits per heavy atom. The van der Waals surface area contributed by atoms with Crippen LogP contribution in [0.4, 0.5) is 0 Å². The van der Waals surface area contributed by atoms with Crippen molar-refractivity contribution in [2.75, 3.05) is 0 Å². The highest BCUT2D eigenvalue weighted by Gasteiger charge is 2.37. The third-order valence-corrected chi connectivity index (χ3v) is 6.77. The Bertz CT molecular complexity index is 1520. The number of fused-ring (bicyclic) bond motifs is 3. The van der Waals surface area contributed by atoms with Gasteiger partial charge in [-0.25, -0.2) is 9.97 Å². The highest BCUT2D eigenvalue weighted by atomic mass is 16.3. The quantitative estimate of drug-likeness (QED) is 0.308. The molecule has 0 saturated heterocycles. The smallest absolute Gasteiger partial charge is 0.139 e. The molecule has 0 spiro atoms. The predicted octanol–water partition coefficient (Wildman–Crippen LogP) is 7.34. The maximum Gasteiger partial charge on any atom is 0.139 e. The second-order valence-corrected chi connectivity index (χ2v) is 9.85. The minimum absolute atomic E-state index is 0.301. The van der Waals surface area contributed by atoms with Gasteiger partial charge in [0.25, 0.3) is 0 Å². The van der Waals surface area contributed by atoms with E-state index in [2.05, 4.69) is 65.0 Å². The largest absolute Gasteiger partial charge is 0.455 e. The molecule has 0 amide bonds. The lowest BCUT2D eigenvalue weighted by Crippen LogP contribution is -2.22. The van der Waals surface area contributed by atoms with E-state index in [1.807, 2.05) is 18.2 Å². The van der Waals surface area contributed by atoms with Gasteiger partial charge in [0.05, 0.1) is 22.4 Å². The van der Waals surface area contributed by atoms with Crippen LogP contribution in [-0.2, 0) is 11.8 Å². The molecule has 0 saturated carbocycles. The van der Waals surface area contributed by atoms with Crippen molar-refractivity contribution in [2.45, 2.75) is 46.5 Å². The summed E-state index contributed by atoms with van der Waals surface area (Å²) in [6, 6.07) is 17.1. The van der Waals surface area contributed by atoms with E-state index in [0.717, 1.165) is 51.1 Å². The SMILES string of the molecule is Cc1ccc2c3c1oc1c(CC(C)C)ccc(c13)C(C)(C)c1nc3ccccc3nc1-2. The molecule has 0 radical (unpaired) electrons. The molecule has 2 aromatic heterocycles. The molecule has 0 bridgehead atoms. The summed E-state index contributed by atoms with van der Waals surface area (Å²) < 4.78 is 6.62. The Balaban J connectivity index is 1.84. The summed E-state index contributed by atoms with van der Waals surface area (Å²) in [5, 5.41) is 2.42. The summed E-state index contributed by atoms with van der Waals surface area (Å²) in [5.41, 5.74) is 10.4. The second-order valence-electron chi connectivity index (χ2n) is 9.85. The van der Waals surface area contributed by atoms with Gasteiger partial charge < -0.3 is 4.42 Å². The third kappa shape index (κ3) is 2.46. The van der Waals surface area contributed by atoms with Crippen molar-refractivity contribution in [3.8, 4) is 11.3 Å². The fourth-order valence-corrected chi connectivity index (χ4v) is 5.23. The molecule has 0 fully saturated rings. The molecule has 0 N–H and O–H groups in total. The monoisotopic (exact) mass is 406 g/mol. The fraction of sp³-hybridized carbons (Fsp3) is 0.286. The molecule has 1 aliphatic rings. The molecule has 3 heteroatoms. The first-order valence-electron chi connectivity index (χ1n) is 11.1. The van der Waals surface area contributed by atoms with Gasteiger partial charge in [0.15, 0.2) is 0 Å². The summed E-state index contributed by atoms with van der Waals surface area (Å²) in [6.07, 6.45) is 0.999. The van der Waals surface area contributed by atoms with Gasteiger partial charge in [-0.2, -0.15) is 0 Å². The molecule has 5 aromatic rings. The molecule has 3 aromatic carbocycles. The van der Waals surface area contributed by atoms with Crippen molar-refractivity contribution in [2.24, 2.45) is 5.92 Å². The van der Waals surface area contributed by atoms with Gasteiger partial charge in [-0.3, -0.25) is 0 Å². The predicted molar refractivity (Wildman–Crippen MR) is 128 cm³/mol. The van der Waals surface area contributed by atoms with E-state index in [1.165, 1.54) is 21.9 Å². The van der Waals surface area contributed by atoms with Gasteiger partial charge in [0.2, 0.25) is 0 Å². The molecule has 6 rings (SSSR count). The van der Waals surface area contributed by atoms with Gasteiger partial charge in [0.1, 0.15) is 11.2 Å². The van der Waals surface area contributed by atoms with Crippen LogP contribution >= 0.6 is 0 Å². The first-order chi connectivity index (χ1) is 14.9. The van der Waals surface area contributed by atoms with Crippen LogP contribution in [0.2, 0.25) is 0 Å². The van der Waals surface area contributed by atoms with E-state index in [-0.39, 0.29) is 5.41 Å². The molecule has 1 aliphatic carbocycles. The molecule has 0 unspecified atom stereocenters. The van der Waals surface area contributed by atoms with Gasteiger partial charge in [-0.1, -0.05) is 64.1 Å². The summed E-state index contributed by atoms with van der Waals surface area (Å²) in [4.78, 5) is 10.3. The summed E-state index contributed by atoms with van der Waals surface area (Å²) in [7, 11) is 0. The Morgan fingerprint density at radius 3 is 2.35 bits per heavy atom. The van der Waals surface area contributed by atoms with Gasteiger partial charge in [0, 0.05) is 21.8 Å². The zero-order chi connectivity index (χ0) is 21.5. The van der Waals surface area contributed by atoms with Crippen molar-refractivity contribution in [3.05, 3.63) is 70.9 Å². The number of benzene rings is 3. The van der Waals surface area contributed by atoms with Crippen LogP contribution < -0.4 is 0 Å². The Hall–Kier alpha value is -3.20. The Kier molecular flexibility index (Phi) is 3.69. The zero-order valence-electron chi connectivity index (χ0n) is 18.7. The van der Waals surface area contributed by atoms with Crippen molar-refractivity contribution in [3.63, 3.8) is 0 Å². The standard InChI is InChI=1S/C28H26N2O/c1-15(2)14-17-11-13-19-23-22-18(12-10-16(3)25(22)31-26(17)23)24-27(28(19,4)5)30-21-9-7-6-8-20(21)29-24/h6-13,15H,14H2,1-5H3. The number of aromatic nitrogens is 2. The van der Waals surface area contributed by atoms with Crippen LogP contribution in [0.15, 0.2) is 52.9 Å². The van der Waals surface area contributed by atoms with Crippen molar-refractivity contribution >= 4 is 33.0 Å². The lowest BCUT2D eigenvalue weighted by Gasteiger charge is -2.26. The average Bonchev–Trinajstić information content (AvgIpc) is 3.12. The molecule has 3 nitrogen and oxygen atoms in total. The van der Waals surface area contributed by atoms with Crippen LogP contribution in [-0.4, -0.2) is 9.97 Å². The van der Waals surface area contributed by atoms with E-state index in [9.17, 15) is 0 Å². The number of hydrogen-bond donors (Lipinski definition) is 0. The number of para-hydroxylation sites is 2. The van der Waals surface area contributed by atoms with E-state index in [4.69, 9.17) is 14.4 Å². The summed E-state index contributed by atoms with van der Waals surface area (Å²) >= 11 is 0. The van der Waals surface area contributed by atoms with Crippen LogP contribution in [0.1, 0.15) is 50.1 Å². The van der Waals surface area contributed by atoms with Crippen LogP contribution in [0.5, 0.6) is 0 Å². The molecule has 0 atom stereocenters. The van der Waals surface area contributed by atoms with Crippen molar-refractivity contribution < 1.29 is 4.42 Å². The van der Waals surface area contributed by atoms with Crippen molar-refractivity contribution in [1.29, 1.82) is 0 Å². The number of rotatable bonds is 2. The molecular weight excluding hydrogens is 380 g/mol. The topological polar surface area (TPSA) is 38.9 Å². The Labute approximate surface area is 182 Å². The highest BCUT2D eigenvalue weighted by molar-refractivity contribution is 6.16. The number of hydrogen-bond acceptors (Lipinski definition) is 3. The lowest BCUT2D eigenvalue weighted by atomic mass is 9.79. The summed E-state index contributed by atoms with van der Waals surface area (Å²) in [6.45, 7) is 11.2. The normalized spacial score (nSPS) is 14.6. The minimum Gasteiger partial charge on any atom is -0.455 e. The van der Waals surface area contributed by atoms with E-state index < -0.39 is 0 Å². The van der Waals surface area contributed by atoms with Crippen LogP contribution in [0.3, 0.4) is 0 Å². The second kappa shape index (κ2) is 6.16. The van der Waals surface area contributed by atoms with E-state index in [1.54, 1.807) is 0 Å². The fourth-order valence-electron chi connectivity index (χ4n) is 5.23. The van der Waals surface area contributed by atoms with E-state index >= 15 is 0 Å². The molecule has 2 heterocycles. The first kappa shape index (κ1) is 18.6. The zero-order valence-corrected chi connectivity index (χ0v) is 18.7.